The van der Waals surface area contributed by atoms with E-state index in [2.05, 4.69) is 25.7 Å². The third-order valence-electron chi connectivity index (χ3n) is 5.07. The lowest BCUT2D eigenvalue weighted by molar-refractivity contribution is -0.137. The molecule has 0 aromatic rings. The Labute approximate surface area is 169 Å². The van der Waals surface area contributed by atoms with Crippen molar-refractivity contribution in [2.45, 2.75) is 122 Å². The molecule has 2 heteroatoms. The van der Waals surface area contributed by atoms with Crippen LogP contribution in [0.5, 0.6) is 0 Å². The molecule has 0 atom stereocenters. The lowest BCUT2D eigenvalue weighted by Crippen LogP contribution is -2.01. The van der Waals surface area contributed by atoms with Crippen molar-refractivity contribution in [2.75, 3.05) is 6.61 Å². The Morgan fingerprint density at radius 3 is 1.52 bits per heavy atom. The standard InChI is InChI=1S/C25H46O2/c1-3-5-6-7-8-9-10-11-12-13-14-15-16-17-18-19-20-21-22-23-24-27-25(26)4-2/h4,8-9H,2-3,5-7,10-24H2,1H3/b9-8+. The highest BCUT2D eigenvalue weighted by Crippen LogP contribution is 2.13. The summed E-state index contributed by atoms with van der Waals surface area (Å²) in [6.07, 6.45) is 29.9. The predicted molar refractivity (Wildman–Crippen MR) is 119 cm³/mol. The van der Waals surface area contributed by atoms with Crippen molar-refractivity contribution in [3.8, 4) is 0 Å². The average molecular weight is 379 g/mol. The van der Waals surface area contributed by atoms with Gasteiger partial charge in [0.15, 0.2) is 0 Å². The van der Waals surface area contributed by atoms with E-state index < -0.39 is 0 Å². The lowest BCUT2D eigenvalue weighted by atomic mass is 10.0. The highest BCUT2D eigenvalue weighted by molar-refractivity contribution is 5.81. The van der Waals surface area contributed by atoms with E-state index in [0.717, 1.165) is 6.42 Å². The fourth-order valence-corrected chi connectivity index (χ4v) is 3.29. The fourth-order valence-electron chi connectivity index (χ4n) is 3.29. The van der Waals surface area contributed by atoms with Crippen LogP contribution in [-0.4, -0.2) is 12.6 Å². The Bertz CT molecular complexity index is 346. The highest BCUT2D eigenvalue weighted by Gasteiger charge is 1.96. The number of allylic oxidation sites excluding steroid dienone is 2. The molecule has 0 aromatic carbocycles. The van der Waals surface area contributed by atoms with Gasteiger partial charge in [0.25, 0.3) is 0 Å². The van der Waals surface area contributed by atoms with Gasteiger partial charge in [-0.25, -0.2) is 4.79 Å². The van der Waals surface area contributed by atoms with Crippen molar-refractivity contribution in [2.24, 2.45) is 0 Å². The molecule has 0 aromatic heterocycles. The Hall–Kier alpha value is -1.05. The summed E-state index contributed by atoms with van der Waals surface area (Å²) < 4.78 is 4.97. The molecule has 27 heavy (non-hydrogen) atoms. The molecular formula is C25H46O2. The predicted octanol–water partition coefficient (Wildman–Crippen LogP) is 8.31. The van der Waals surface area contributed by atoms with Crippen LogP contribution in [0.1, 0.15) is 122 Å². The molecule has 0 radical (unpaired) electrons. The topological polar surface area (TPSA) is 26.3 Å². The average Bonchev–Trinajstić information content (AvgIpc) is 2.68. The van der Waals surface area contributed by atoms with Crippen LogP contribution in [0.3, 0.4) is 0 Å². The molecule has 2 nitrogen and oxygen atoms in total. The maximum absolute atomic E-state index is 10.9. The van der Waals surface area contributed by atoms with E-state index in [1.165, 1.54) is 115 Å². The second kappa shape index (κ2) is 23.0. The van der Waals surface area contributed by atoms with Gasteiger partial charge in [-0.15, -0.1) is 0 Å². The monoisotopic (exact) mass is 378 g/mol. The quantitative estimate of drug-likeness (QED) is 0.0868. The summed E-state index contributed by atoms with van der Waals surface area (Å²) in [6.45, 7) is 6.20. The minimum Gasteiger partial charge on any atom is -0.463 e. The summed E-state index contributed by atoms with van der Waals surface area (Å²) in [6, 6.07) is 0. The first kappa shape index (κ1) is 26.0. The molecule has 0 unspecified atom stereocenters. The maximum Gasteiger partial charge on any atom is 0.330 e. The second-order valence-corrected chi connectivity index (χ2v) is 7.72. The SMILES string of the molecule is C=CC(=O)OCCCCCCCCCCCCCCC/C=C/CCCCC. The normalized spacial score (nSPS) is 11.1. The van der Waals surface area contributed by atoms with Crippen LogP contribution in [0.15, 0.2) is 24.8 Å². The third kappa shape index (κ3) is 22.9. The summed E-state index contributed by atoms with van der Waals surface area (Å²) in [5.74, 6) is -0.301. The van der Waals surface area contributed by atoms with Gasteiger partial charge in [-0.3, -0.25) is 0 Å². The Morgan fingerprint density at radius 2 is 1.07 bits per heavy atom. The second-order valence-electron chi connectivity index (χ2n) is 7.72. The summed E-state index contributed by atoms with van der Waals surface area (Å²) in [5.41, 5.74) is 0. The number of carbonyl (C=O) groups is 1. The van der Waals surface area contributed by atoms with Crippen molar-refractivity contribution < 1.29 is 9.53 Å². The van der Waals surface area contributed by atoms with Gasteiger partial charge >= 0.3 is 5.97 Å². The van der Waals surface area contributed by atoms with Gasteiger partial charge in [-0.2, -0.15) is 0 Å². The smallest absolute Gasteiger partial charge is 0.330 e. The molecule has 0 N–H and O–H groups in total. The maximum atomic E-state index is 10.9. The Kier molecular flexibility index (Phi) is 22.1. The fraction of sp³-hybridized carbons (Fsp3) is 0.800. The first-order valence-electron chi connectivity index (χ1n) is 11.8. The number of carbonyl (C=O) groups excluding carboxylic acids is 1. The van der Waals surface area contributed by atoms with E-state index in [4.69, 9.17) is 4.74 Å². The zero-order chi connectivity index (χ0) is 19.8. The Morgan fingerprint density at radius 1 is 0.667 bits per heavy atom. The molecule has 0 aliphatic carbocycles. The number of rotatable bonds is 21. The minimum atomic E-state index is -0.301. The molecule has 0 aliphatic heterocycles. The van der Waals surface area contributed by atoms with Gasteiger partial charge in [-0.05, 0) is 32.1 Å². The van der Waals surface area contributed by atoms with E-state index in [1.54, 1.807) is 0 Å². The van der Waals surface area contributed by atoms with Gasteiger partial charge < -0.3 is 4.74 Å². The molecule has 0 fully saturated rings. The van der Waals surface area contributed by atoms with Crippen LogP contribution in [-0.2, 0) is 9.53 Å². The summed E-state index contributed by atoms with van der Waals surface area (Å²) in [7, 11) is 0. The number of unbranched alkanes of at least 4 members (excludes halogenated alkanes) is 16. The molecular weight excluding hydrogens is 332 g/mol. The van der Waals surface area contributed by atoms with Crippen molar-refractivity contribution in [3.63, 3.8) is 0 Å². The van der Waals surface area contributed by atoms with Crippen LogP contribution >= 0.6 is 0 Å². The van der Waals surface area contributed by atoms with Crippen LogP contribution in [0, 0.1) is 0 Å². The Balaban J connectivity index is 3.07. The summed E-state index contributed by atoms with van der Waals surface area (Å²) in [5, 5.41) is 0. The number of esters is 1. The van der Waals surface area contributed by atoms with Crippen molar-refractivity contribution >= 4 is 5.97 Å². The largest absolute Gasteiger partial charge is 0.463 e. The lowest BCUT2D eigenvalue weighted by Gasteiger charge is -2.04. The first-order chi connectivity index (χ1) is 13.3. The van der Waals surface area contributed by atoms with E-state index in [-0.39, 0.29) is 5.97 Å². The molecule has 0 aliphatic rings. The van der Waals surface area contributed by atoms with E-state index >= 15 is 0 Å². The van der Waals surface area contributed by atoms with Crippen LogP contribution in [0.4, 0.5) is 0 Å². The van der Waals surface area contributed by atoms with Gasteiger partial charge in [0, 0.05) is 6.08 Å². The van der Waals surface area contributed by atoms with E-state index in [9.17, 15) is 4.79 Å². The van der Waals surface area contributed by atoms with Crippen molar-refractivity contribution in [1.82, 2.24) is 0 Å². The van der Waals surface area contributed by atoms with E-state index in [0.29, 0.717) is 6.61 Å². The van der Waals surface area contributed by atoms with Gasteiger partial charge in [0.2, 0.25) is 0 Å². The van der Waals surface area contributed by atoms with Crippen LogP contribution in [0.25, 0.3) is 0 Å². The van der Waals surface area contributed by atoms with E-state index in [1.807, 2.05) is 0 Å². The molecule has 0 bridgehead atoms. The number of hydrogen-bond acceptors (Lipinski definition) is 2. The van der Waals surface area contributed by atoms with Gasteiger partial charge in [0.1, 0.15) is 0 Å². The summed E-state index contributed by atoms with van der Waals surface area (Å²) >= 11 is 0. The van der Waals surface area contributed by atoms with Crippen molar-refractivity contribution in [1.29, 1.82) is 0 Å². The summed E-state index contributed by atoms with van der Waals surface area (Å²) in [4.78, 5) is 10.9. The molecule has 0 spiro atoms. The van der Waals surface area contributed by atoms with Crippen molar-refractivity contribution in [3.05, 3.63) is 24.8 Å². The molecule has 158 valence electrons. The number of hydrogen-bond donors (Lipinski definition) is 0. The molecule has 0 rings (SSSR count). The minimum absolute atomic E-state index is 0.301. The zero-order valence-electron chi connectivity index (χ0n) is 18.2. The molecule has 0 amide bonds. The molecule has 0 saturated heterocycles. The number of ether oxygens (including phenoxy) is 1. The van der Waals surface area contributed by atoms with Crippen LogP contribution in [0.2, 0.25) is 0 Å². The third-order valence-corrected chi connectivity index (χ3v) is 5.07. The molecule has 0 heterocycles. The first-order valence-corrected chi connectivity index (χ1v) is 11.8. The van der Waals surface area contributed by atoms with Gasteiger partial charge in [0.05, 0.1) is 6.61 Å². The zero-order valence-corrected chi connectivity index (χ0v) is 18.2. The van der Waals surface area contributed by atoms with Crippen LogP contribution < -0.4 is 0 Å². The highest BCUT2D eigenvalue weighted by atomic mass is 16.5. The van der Waals surface area contributed by atoms with Gasteiger partial charge in [-0.1, -0.05) is 109 Å². The molecule has 0 saturated carbocycles.